The van der Waals surface area contributed by atoms with Gasteiger partial charge in [0.15, 0.2) is 0 Å². The topological polar surface area (TPSA) is 17.1 Å². The number of carbonyl (C=O) groups excluding carboxylic acids is 1. The van der Waals surface area contributed by atoms with Crippen molar-refractivity contribution < 1.29 is 4.79 Å². The van der Waals surface area contributed by atoms with Crippen LogP contribution in [-0.4, -0.2) is 5.78 Å². The summed E-state index contributed by atoms with van der Waals surface area (Å²) < 4.78 is 0. The van der Waals surface area contributed by atoms with Gasteiger partial charge >= 0.3 is 0 Å². The van der Waals surface area contributed by atoms with Gasteiger partial charge in [0.05, 0.1) is 0 Å². The quantitative estimate of drug-likeness (QED) is 0.592. The predicted molar refractivity (Wildman–Crippen MR) is 60.5 cm³/mol. The molecule has 0 aromatic carbocycles. The highest BCUT2D eigenvalue weighted by Crippen LogP contribution is 2.50. The molecule has 4 unspecified atom stereocenters. The van der Waals surface area contributed by atoms with E-state index in [4.69, 9.17) is 0 Å². The molecule has 3 fully saturated rings. The van der Waals surface area contributed by atoms with E-state index in [0.29, 0.717) is 5.78 Å². The minimum Gasteiger partial charge on any atom is -0.300 e. The summed E-state index contributed by atoms with van der Waals surface area (Å²) >= 11 is 0. The molecule has 0 bridgehead atoms. The Labute approximate surface area is 92.6 Å². The van der Waals surface area contributed by atoms with Crippen LogP contribution in [0.15, 0.2) is 0 Å². The maximum Gasteiger partial charge on any atom is 0.133 e. The fourth-order valence-electron chi connectivity index (χ4n) is 4.58. The first-order chi connectivity index (χ1) is 7.34. The van der Waals surface area contributed by atoms with Crippen LogP contribution in [0, 0.1) is 23.7 Å². The molecule has 84 valence electrons. The fourth-order valence-corrected chi connectivity index (χ4v) is 4.58. The summed E-state index contributed by atoms with van der Waals surface area (Å²) in [5.41, 5.74) is 0. The molecule has 0 spiro atoms. The van der Waals surface area contributed by atoms with E-state index in [1.165, 1.54) is 44.9 Å². The molecule has 3 aliphatic rings. The van der Waals surface area contributed by atoms with Gasteiger partial charge in [0.1, 0.15) is 5.78 Å². The van der Waals surface area contributed by atoms with Crippen LogP contribution in [0.1, 0.15) is 57.8 Å². The molecule has 0 N–H and O–H groups in total. The number of ketones is 1. The molecule has 0 amide bonds. The summed E-state index contributed by atoms with van der Waals surface area (Å²) in [4.78, 5) is 11.5. The van der Waals surface area contributed by atoms with E-state index >= 15 is 0 Å². The van der Waals surface area contributed by atoms with E-state index in [0.717, 1.165) is 36.5 Å². The molecule has 4 atom stereocenters. The first kappa shape index (κ1) is 9.86. The molecule has 3 rings (SSSR count). The standard InChI is InChI=1S/C14H22O/c15-12-7-8-14-11(9-12)6-5-10-3-1-2-4-13(10)14/h10-11,13-14H,1-9H2. The van der Waals surface area contributed by atoms with Crippen LogP contribution in [0.3, 0.4) is 0 Å². The van der Waals surface area contributed by atoms with Crippen LogP contribution in [0.2, 0.25) is 0 Å². The average Bonchev–Trinajstić information content (AvgIpc) is 2.28. The summed E-state index contributed by atoms with van der Waals surface area (Å²) in [5, 5.41) is 0. The second-order valence-electron chi connectivity index (χ2n) is 5.99. The summed E-state index contributed by atoms with van der Waals surface area (Å²) in [6, 6.07) is 0. The van der Waals surface area contributed by atoms with Gasteiger partial charge in [0.2, 0.25) is 0 Å². The molecular weight excluding hydrogens is 184 g/mol. The lowest BCUT2D eigenvalue weighted by atomic mass is 9.58. The van der Waals surface area contributed by atoms with Crippen LogP contribution in [0.5, 0.6) is 0 Å². The Bertz CT molecular complexity index is 258. The minimum absolute atomic E-state index is 0.547. The Kier molecular flexibility index (Phi) is 2.58. The molecule has 1 nitrogen and oxygen atoms in total. The van der Waals surface area contributed by atoms with Crippen molar-refractivity contribution in [3.63, 3.8) is 0 Å². The molecule has 3 saturated carbocycles. The maximum atomic E-state index is 11.5. The SMILES string of the molecule is O=C1CCC2C(CCC3CCCCC32)C1. The Morgan fingerprint density at radius 1 is 0.800 bits per heavy atom. The zero-order valence-corrected chi connectivity index (χ0v) is 9.58. The number of Topliss-reactive ketones (excluding diaryl/α,β-unsaturated/α-hetero) is 1. The van der Waals surface area contributed by atoms with Crippen LogP contribution in [0.4, 0.5) is 0 Å². The molecule has 15 heavy (non-hydrogen) atoms. The van der Waals surface area contributed by atoms with Crippen molar-refractivity contribution in [2.45, 2.75) is 57.8 Å². The van der Waals surface area contributed by atoms with Crippen molar-refractivity contribution in [3.05, 3.63) is 0 Å². The van der Waals surface area contributed by atoms with Gasteiger partial charge in [-0.3, -0.25) is 4.79 Å². The Morgan fingerprint density at radius 3 is 2.47 bits per heavy atom. The number of hydrogen-bond donors (Lipinski definition) is 0. The fraction of sp³-hybridized carbons (Fsp3) is 0.929. The van der Waals surface area contributed by atoms with Gasteiger partial charge in [-0.25, -0.2) is 0 Å². The van der Waals surface area contributed by atoms with Crippen LogP contribution >= 0.6 is 0 Å². The van der Waals surface area contributed by atoms with Crippen molar-refractivity contribution in [1.29, 1.82) is 0 Å². The first-order valence-corrected chi connectivity index (χ1v) is 6.86. The highest BCUT2D eigenvalue weighted by atomic mass is 16.1. The maximum absolute atomic E-state index is 11.5. The molecule has 0 radical (unpaired) electrons. The zero-order valence-electron chi connectivity index (χ0n) is 9.58. The third-order valence-electron chi connectivity index (χ3n) is 5.28. The average molecular weight is 206 g/mol. The number of rotatable bonds is 0. The largest absolute Gasteiger partial charge is 0.300 e. The normalized spacial score (nSPS) is 45.7. The van der Waals surface area contributed by atoms with E-state index in [2.05, 4.69) is 0 Å². The number of carbonyl (C=O) groups is 1. The first-order valence-electron chi connectivity index (χ1n) is 6.86. The molecule has 0 heterocycles. The third-order valence-corrected chi connectivity index (χ3v) is 5.28. The van der Waals surface area contributed by atoms with E-state index in [1.807, 2.05) is 0 Å². The lowest BCUT2D eigenvalue weighted by Crippen LogP contribution is -2.40. The second kappa shape index (κ2) is 3.92. The van der Waals surface area contributed by atoms with Gasteiger partial charge < -0.3 is 0 Å². The van der Waals surface area contributed by atoms with Crippen LogP contribution in [-0.2, 0) is 4.79 Å². The molecule has 3 aliphatic carbocycles. The lowest BCUT2D eigenvalue weighted by Gasteiger charge is -2.47. The summed E-state index contributed by atoms with van der Waals surface area (Å²) in [6.07, 6.45) is 11.7. The zero-order chi connectivity index (χ0) is 10.3. The van der Waals surface area contributed by atoms with E-state index in [-0.39, 0.29) is 0 Å². The minimum atomic E-state index is 0.547. The van der Waals surface area contributed by atoms with E-state index in [1.54, 1.807) is 0 Å². The predicted octanol–water partition coefficient (Wildman–Crippen LogP) is 3.57. The Balaban J connectivity index is 1.75. The number of fused-ring (bicyclic) bond motifs is 3. The molecular formula is C14H22O. The van der Waals surface area contributed by atoms with Gasteiger partial charge in [-0.15, -0.1) is 0 Å². The van der Waals surface area contributed by atoms with Crippen molar-refractivity contribution >= 4 is 5.78 Å². The molecule has 0 saturated heterocycles. The molecule has 0 aliphatic heterocycles. The van der Waals surface area contributed by atoms with Gasteiger partial charge in [-0.2, -0.15) is 0 Å². The molecule has 0 aromatic rings. The summed E-state index contributed by atoms with van der Waals surface area (Å²) in [5.74, 6) is 4.30. The second-order valence-corrected chi connectivity index (χ2v) is 5.99. The van der Waals surface area contributed by atoms with Crippen LogP contribution < -0.4 is 0 Å². The van der Waals surface area contributed by atoms with Gasteiger partial charge in [0, 0.05) is 12.8 Å². The van der Waals surface area contributed by atoms with E-state index in [9.17, 15) is 4.79 Å². The lowest BCUT2D eigenvalue weighted by molar-refractivity contribution is -0.125. The number of hydrogen-bond acceptors (Lipinski definition) is 1. The summed E-state index contributed by atoms with van der Waals surface area (Å²) in [6.45, 7) is 0. The smallest absolute Gasteiger partial charge is 0.133 e. The highest BCUT2D eigenvalue weighted by Gasteiger charge is 2.42. The van der Waals surface area contributed by atoms with Crippen molar-refractivity contribution in [3.8, 4) is 0 Å². The molecule has 1 heteroatoms. The Hall–Kier alpha value is -0.330. The third kappa shape index (κ3) is 1.74. The van der Waals surface area contributed by atoms with Crippen LogP contribution in [0.25, 0.3) is 0 Å². The van der Waals surface area contributed by atoms with Gasteiger partial charge in [0.25, 0.3) is 0 Å². The van der Waals surface area contributed by atoms with Gasteiger partial charge in [-0.1, -0.05) is 19.3 Å². The monoisotopic (exact) mass is 206 g/mol. The summed E-state index contributed by atoms with van der Waals surface area (Å²) in [7, 11) is 0. The Morgan fingerprint density at radius 2 is 1.53 bits per heavy atom. The van der Waals surface area contributed by atoms with E-state index < -0.39 is 0 Å². The van der Waals surface area contributed by atoms with Crippen molar-refractivity contribution in [1.82, 2.24) is 0 Å². The molecule has 0 aromatic heterocycles. The van der Waals surface area contributed by atoms with Crippen molar-refractivity contribution in [2.24, 2.45) is 23.7 Å². The van der Waals surface area contributed by atoms with Crippen molar-refractivity contribution in [2.75, 3.05) is 0 Å². The van der Waals surface area contributed by atoms with Gasteiger partial charge in [-0.05, 0) is 49.4 Å². The highest BCUT2D eigenvalue weighted by molar-refractivity contribution is 5.79.